The standard InChI is InChI=1S/C24H27BrN2O2S/c1-6-20-21(16-7-11-18(25)12-8-16)26-23(30-20)27-22(28)15(2)29-19-13-9-17(10-14-19)24(3,4)5/h7-15H,6H2,1-5H3,(H,26,27,28). The molecule has 0 fully saturated rings. The highest BCUT2D eigenvalue weighted by Crippen LogP contribution is 2.32. The number of anilines is 1. The molecule has 0 aliphatic rings. The third-order valence-electron chi connectivity index (χ3n) is 4.77. The summed E-state index contributed by atoms with van der Waals surface area (Å²) in [5, 5.41) is 3.50. The highest BCUT2D eigenvalue weighted by Gasteiger charge is 2.19. The van der Waals surface area contributed by atoms with Crippen molar-refractivity contribution in [1.82, 2.24) is 4.98 Å². The lowest BCUT2D eigenvalue weighted by atomic mass is 9.87. The highest BCUT2D eigenvalue weighted by molar-refractivity contribution is 9.10. The molecule has 0 saturated carbocycles. The van der Waals surface area contributed by atoms with Crippen molar-refractivity contribution in [2.45, 2.75) is 52.6 Å². The Morgan fingerprint density at radius 1 is 1.13 bits per heavy atom. The van der Waals surface area contributed by atoms with Gasteiger partial charge < -0.3 is 4.74 Å². The number of aryl methyl sites for hydroxylation is 1. The molecule has 1 heterocycles. The number of amides is 1. The van der Waals surface area contributed by atoms with E-state index in [1.165, 1.54) is 16.9 Å². The zero-order valence-electron chi connectivity index (χ0n) is 18.0. The molecule has 6 heteroatoms. The molecule has 1 amide bonds. The molecule has 3 aromatic rings. The maximum atomic E-state index is 12.7. The molecular formula is C24H27BrN2O2S. The van der Waals surface area contributed by atoms with Gasteiger partial charge in [-0.2, -0.15) is 0 Å². The van der Waals surface area contributed by atoms with Gasteiger partial charge in [-0.15, -0.1) is 11.3 Å². The van der Waals surface area contributed by atoms with Crippen LogP contribution in [0.1, 0.15) is 45.1 Å². The van der Waals surface area contributed by atoms with Crippen LogP contribution in [0.15, 0.2) is 53.0 Å². The smallest absolute Gasteiger partial charge is 0.266 e. The van der Waals surface area contributed by atoms with Crippen LogP contribution in [0.4, 0.5) is 5.13 Å². The van der Waals surface area contributed by atoms with Gasteiger partial charge in [-0.1, -0.05) is 67.9 Å². The second-order valence-corrected chi connectivity index (χ2v) is 10.2. The number of nitrogens with one attached hydrogen (secondary N) is 1. The predicted octanol–water partition coefficient (Wildman–Crippen LogP) is 6.84. The first kappa shape index (κ1) is 22.5. The first-order valence-electron chi connectivity index (χ1n) is 10.0. The van der Waals surface area contributed by atoms with Gasteiger partial charge in [0.2, 0.25) is 0 Å². The van der Waals surface area contributed by atoms with E-state index in [0.29, 0.717) is 10.9 Å². The van der Waals surface area contributed by atoms with Crippen molar-refractivity contribution in [3.05, 3.63) is 63.4 Å². The summed E-state index contributed by atoms with van der Waals surface area (Å²) in [6.45, 7) is 10.3. The quantitative estimate of drug-likeness (QED) is 0.414. The van der Waals surface area contributed by atoms with Crippen molar-refractivity contribution >= 4 is 38.3 Å². The van der Waals surface area contributed by atoms with Gasteiger partial charge in [0.1, 0.15) is 5.75 Å². The van der Waals surface area contributed by atoms with Gasteiger partial charge in [-0.05, 0) is 48.6 Å². The summed E-state index contributed by atoms with van der Waals surface area (Å²) in [5.41, 5.74) is 3.25. The Balaban J connectivity index is 1.68. The number of carbonyl (C=O) groups excluding carboxylic acids is 1. The molecule has 0 radical (unpaired) electrons. The number of benzene rings is 2. The van der Waals surface area contributed by atoms with Gasteiger partial charge in [-0.3, -0.25) is 10.1 Å². The maximum Gasteiger partial charge on any atom is 0.266 e. The number of ether oxygens (including phenoxy) is 1. The molecule has 0 saturated heterocycles. The second-order valence-electron chi connectivity index (χ2n) is 8.17. The molecule has 1 aromatic heterocycles. The Bertz CT molecular complexity index is 1010. The molecule has 4 nitrogen and oxygen atoms in total. The Labute approximate surface area is 190 Å². The summed E-state index contributed by atoms with van der Waals surface area (Å²) < 4.78 is 6.86. The lowest BCUT2D eigenvalue weighted by molar-refractivity contribution is -0.122. The Hall–Kier alpha value is -2.18. The van der Waals surface area contributed by atoms with Crippen LogP contribution in [0.3, 0.4) is 0 Å². The molecule has 2 aromatic carbocycles. The number of aromatic nitrogens is 1. The molecule has 3 rings (SSSR count). The summed E-state index contributed by atoms with van der Waals surface area (Å²) in [5.74, 6) is 0.461. The summed E-state index contributed by atoms with van der Waals surface area (Å²) in [4.78, 5) is 18.5. The zero-order valence-corrected chi connectivity index (χ0v) is 20.4. The van der Waals surface area contributed by atoms with E-state index in [2.05, 4.69) is 53.9 Å². The van der Waals surface area contributed by atoms with Crippen LogP contribution < -0.4 is 10.1 Å². The predicted molar refractivity (Wildman–Crippen MR) is 128 cm³/mol. The van der Waals surface area contributed by atoms with Crippen molar-refractivity contribution in [2.24, 2.45) is 0 Å². The van der Waals surface area contributed by atoms with E-state index in [1.807, 2.05) is 48.5 Å². The van der Waals surface area contributed by atoms with Crippen LogP contribution in [-0.2, 0) is 16.6 Å². The van der Waals surface area contributed by atoms with Crippen LogP contribution >= 0.6 is 27.3 Å². The molecule has 0 aliphatic carbocycles. The van der Waals surface area contributed by atoms with E-state index in [1.54, 1.807) is 6.92 Å². The van der Waals surface area contributed by atoms with Gasteiger partial charge in [0, 0.05) is 14.9 Å². The van der Waals surface area contributed by atoms with Crippen molar-refractivity contribution in [3.8, 4) is 17.0 Å². The molecule has 0 bridgehead atoms. The van der Waals surface area contributed by atoms with E-state index in [9.17, 15) is 4.79 Å². The number of nitrogens with zero attached hydrogens (tertiary/aromatic N) is 1. The number of thiazole rings is 1. The van der Waals surface area contributed by atoms with Crippen LogP contribution in [0, 0.1) is 0 Å². The fourth-order valence-corrected chi connectivity index (χ4v) is 4.17. The largest absolute Gasteiger partial charge is 0.481 e. The first-order chi connectivity index (χ1) is 14.2. The minimum Gasteiger partial charge on any atom is -0.481 e. The average Bonchev–Trinajstić information content (AvgIpc) is 3.11. The average molecular weight is 487 g/mol. The van der Waals surface area contributed by atoms with E-state index < -0.39 is 6.10 Å². The van der Waals surface area contributed by atoms with Gasteiger partial charge in [0.05, 0.1) is 5.69 Å². The van der Waals surface area contributed by atoms with Crippen LogP contribution in [0.2, 0.25) is 0 Å². The molecular weight excluding hydrogens is 460 g/mol. The van der Waals surface area contributed by atoms with E-state index >= 15 is 0 Å². The van der Waals surface area contributed by atoms with Crippen molar-refractivity contribution in [3.63, 3.8) is 0 Å². The maximum absolute atomic E-state index is 12.7. The van der Waals surface area contributed by atoms with Gasteiger partial charge in [-0.25, -0.2) is 4.98 Å². The van der Waals surface area contributed by atoms with Gasteiger partial charge >= 0.3 is 0 Å². The van der Waals surface area contributed by atoms with Gasteiger partial charge in [0.15, 0.2) is 11.2 Å². The highest BCUT2D eigenvalue weighted by atomic mass is 79.9. The second kappa shape index (κ2) is 9.31. The number of rotatable bonds is 6. The molecule has 1 unspecified atom stereocenters. The Morgan fingerprint density at radius 2 is 1.77 bits per heavy atom. The van der Waals surface area contributed by atoms with E-state index in [4.69, 9.17) is 4.74 Å². The van der Waals surface area contributed by atoms with Crippen LogP contribution in [-0.4, -0.2) is 17.0 Å². The normalized spacial score (nSPS) is 12.5. The van der Waals surface area contributed by atoms with E-state index in [-0.39, 0.29) is 11.3 Å². The SMILES string of the molecule is CCc1sc(NC(=O)C(C)Oc2ccc(C(C)(C)C)cc2)nc1-c1ccc(Br)cc1. The molecule has 30 heavy (non-hydrogen) atoms. The summed E-state index contributed by atoms with van der Waals surface area (Å²) in [6, 6.07) is 15.9. The fourth-order valence-electron chi connectivity index (χ4n) is 2.98. The lowest BCUT2D eigenvalue weighted by Crippen LogP contribution is -2.30. The Morgan fingerprint density at radius 3 is 2.33 bits per heavy atom. The number of carbonyl (C=O) groups is 1. The molecule has 1 atom stereocenters. The first-order valence-corrected chi connectivity index (χ1v) is 11.6. The van der Waals surface area contributed by atoms with Gasteiger partial charge in [0.25, 0.3) is 5.91 Å². The van der Waals surface area contributed by atoms with E-state index in [0.717, 1.165) is 27.0 Å². The minimum absolute atomic E-state index is 0.0793. The van der Waals surface area contributed by atoms with Crippen molar-refractivity contribution < 1.29 is 9.53 Å². The molecule has 1 N–H and O–H groups in total. The summed E-state index contributed by atoms with van der Waals surface area (Å²) in [7, 11) is 0. The third-order valence-corrected chi connectivity index (χ3v) is 6.41. The fraction of sp³-hybridized carbons (Fsp3) is 0.333. The molecule has 0 spiro atoms. The molecule has 0 aliphatic heterocycles. The third kappa shape index (κ3) is 5.49. The van der Waals surface area contributed by atoms with Crippen molar-refractivity contribution in [1.29, 1.82) is 0 Å². The number of halogens is 1. The zero-order chi connectivity index (χ0) is 21.9. The monoisotopic (exact) mass is 486 g/mol. The lowest BCUT2D eigenvalue weighted by Gasteiger charge is -2.20. The van der Waals surface area contributed by atoms with Crippen molar-refractivity contribution in [2.75, 3.05) is 5.32 Å². The van der Waals surface area contributed by atoms with Crippen LogP contribution in [0.5, 0.6) is 5.75 Å². The number of hydrogen-bond donors (Lipinski definition) is 1. The van der Waals surface area contributed by atoms with Crippen LogP contribution in [0.25, 0.3) is 11.3 Å². The minimum atomic E-state index is -0.629. The Kier molecular flexibility index (Phi) is 6.98. The molecule has 158 valence electrons. The topological polar surface area (TPSA) is 51.2 Å². The summed E-state index contributed by atoms with van der Waals surface area (Å²) in [6.07, 6.45) is 0.223. The summed E-state index contributed by atoms with van der Waals surface area (Å²) >= 11 is 4.96. The number of hydrogen-bond acceptors (Lipinski definition) is 4.